The van der Waals surface area contributed by atoms with E-state index in [0.29, 0.717) is 0 Å². The molecular formula is C11H8ClF2NO3. The van der Waals surface area contributed by atoms with Crippen LogP contribution in [0.1, 0.15) is 22.8 Å². The van der Waals surface area contributed by atoms with Crippen molar-refractivity contribution in [3.8, 4) is 11.8 Å². The zero-order chi connectivity index (χ0) is 13.7. The number of carbonyl (C=O) groups excluding carboxylic acids is 1. The Morgan fingerprint density at radius 2 is 2.22 bits per heavy atom. The van der Waals surface area contributed by atoms with Crippen molar-refractivity contribution in [2.45, 2.75) is 13.5 Å². The molecule has 0 aliphatic rings. The Labute approximate surface area is 107 Å². The Bertz CT molecular complexity index is 500. The van der Waals surface area contributed by atoms with Crippen LogP contribution in [0.5, 0.6) is 5.75 Å². The van der Waals surface area contributed by atoms with Crippen LogP contribution in [-0.4, -0.2) is 19.2 Å². The molecule has 0 aliphatic carbocycles. The van der Waals surface area contributed by atoms with Crippen molar-refractivity contribution in [1.29, 1.82) is 5.26 Å². The Morgan fingerprint density at radius 1 is 1.56 bits per heavy atom. The molecule has 1 aromatic rings. The quantitative estimate of drug-likeness (QED) is 0.793. The van der Waals surface area contributed by atoms with E-state index < -0.39 is 12.6 Å². The standard InChI is InChI=1S/C11H8ClF2NO3/c1-2-17-10(16)9-6(5-15)3-7(4-8(9)12)18-11(13)14/h3-4,11H,2H2,1H3. The Balaban J connectivity index is 3.21. The van der Waals surface area contributed by atoms with Crippen LogP contribution in [0.15, 0.2) is 12.1 Å². The number of esters is 1. The average Bonchev–Trinajstić information content (AvgIpc) is 2.27. The normalized spacial score (nSPS) is 10.0. The third-order valence-electron chi connectivity index (χ3n) is 1.89. The molecule has 1 aromatic carbocycles. The van der Waals surface area contributed by atoms with E-state index in [4.69, 9.17) is 21.6 Å². The summed E-state index contributed by atoms with van der Waals surface area (Å²) in [4.78, 5) is 11.5. The van der Waals surface area contributed by atoms with Crippen molar-refractivity contribution >= 4 is 17.6 Å². The van der Waals surface area contributed by atoms with E-state index in [9.17, 15) is 13.6 Å². The number of nitriles is 1. The number of rotatable bonds is 4. The topological polar surface area (TPSA) is 59.3 Å². The van der Waals surface area contributed by atoms with E-state index in [2.05, 4.69) is 4.74 Å². The van der Waals surface area contributed by atoms with Gasteiger partial charge in [0.1, 0.15) is 11.8 Å². The molecule has 0 fully saturated rings. The van der Waals surface area contributed by atoms with Crippen LogP contribution in [-0.2, 0) is 4.74 Å². The van der Waals surface area contributed by atoms with Gasteiger partial charge in [0.2, 0.25) is 0 Å². The highest BCUT2D eigenvalue weighted by atomic mass is 35.5. The smallest absolute Gasteiger partial charge is 0.387 e. The first-order valence-corrected chi connectivity index (χ1v) is 5.23. The molecule has 0 saturated heterocycles. The minimum Gasteiger partial charge on any atom is -0.462 e. The van der Waals surface area contributed by atoms with E-state index in [-0.39, 0.29) is 28.5 Å². The van der Waals surface area contributed by atoms with Gasteiger partial charge in [-0.15, -0.1) is 0 Å². The number of alkyl halides is 2. The largest absolute Gasteiger partial charge is 0.462 e. The number of halogens is 3. The van der Waals surface area contributed by atoms with Gasteiger partial charge in [0, 0.05) is 0 Å². The molecule has 96 valence electrons. The number of carbonyl (C=O) groups is 1. The average molecular weight is 276 g/mol. The third kappa shape index (κ3) is 3.31. The maximum atomic E-state index is 12.0. The van der Waals surface area contributed by atoms with Crippen molar-refractivity contribution in [2.75, 3.05) is 6.61 Å². The number of hydrogen-bond acceptors (Lipinski definition) is 4. The lowest BCUT2D eigenvalue weighted by Gasteiger charge is -2.09. The maximum Gasteiger partial charge on any atom is 0.387 e. The van der Waals surface area contributed by atoms with Crippen molar-refractivity contribution < 1.29 is 23.0 Å². The summed E-state index contributed by atoms with van der Waals surface area (Å²) in [7, 11) is 0. The number of nitrogens with zero attached hydrogens (tertiary/aromatic N) is 1. The first-order chi connectivity index (χ1) is 8.49. The van der Waals surface area contributed by atoms with Crippen LogP contribution >= 0.6 is 11.6 Å². The third-order valence-corrected chi connectivity index (χ3v) is 2.19. The van der Waals surface area contributed by atoms with Crippen molar-refractivity contribution in [3.05, 3.63) is 28.3 Å². The van der Waals surface area contributed by atoms with Crippen LogP contribution in [0.25, 0.3) is 0 Å². The first-order valence-electron chi connectivity index (χ1n) is 4.85. The molecular weight excluding hydrogens is 268 g/mol. The summed E-state index contributed by atoms with van der Waals surface area (Å²) >= 11 is 5.75. The van der Waals surface area contributed by atoms with E-state index >= 15 is 0 Å². The molecule has 0 atom stereocenters. The van der Waals surface area contributed by atoms with Gasteiger partial charge in [-0.2, -0.15) is 14.0 Å². The summed E-state index contributed by atoms with van der Waals surface area (Å²) in [6, 6.07) is 3.71. The van der Waals surface area contributed by atoms with Crippen molar-refractivity contribution in [1.82, 2.24) is 0 Å². The highest BCUT2D eigenvalue weighted by Gasteiger charge is 2.19. The maximum absolute atomic E-state index is 12.0. The van der Waals surface area contributed by atoms with E-state index in [0.717, 1.165) is 12.1 Å². The molecule has 0 aliphatic heterocycles. The molecule has 0 bridgehead atoms. The minimum atomic E-state index is -3.04. The summed E-state index contributed by atoms with van der Waals surface area (Å²) < 4.78 is 32.9. The van der Waals surface area contributed by atoms with E-state index in [1.165, 1.54) is 0 Å². The highest BCUT2D eigenvalue weighted by Crippen LogP contribution is 2.28. The SMILES string of the molecule is CCOC(=O)c1c(Cl)cc(OC(F)F)cc1C#N. The minimum absolute atomic E-state index is 0.106. The van der Waals surface area contributed by atoms with Crippen LogP contribution in [0, 0.1) is 11.3 Å². The summed E-state index contributed by atoms with van der Waals surface area (Å²) in [6.45, 7) is -1.34. The van der Waals surface area contributed by atoms with E-state index in [1.807, 2.05) is 0 Å². The van der Waals surface area contributed by atoms with Crippen LogP contribution < -0.4 is 4.74 Å². The predicted octanol–water partition coefficient (Wildman–Crippen LogP) is 2.99. The number of ether oxygens (including phenoxy) is 2. The second-order valence-corrected chi connectivity index (χ2v) is 3.45. The zero-order valence-electron chi connectivity index (χ0n) is 9.25. The van der Waals surface area contributed by atoms with Gasteiger partial charge in [-0.1, -0.05) is 11.6 Å². The summed E-state index contributed by atoms with van der Waals surface area (Å²) in [5.41, 5.74) is -0.348. The molecule has 0 unspecified atom stereocenters. The Morgan fingerprint density at radius 3 is 2.72 bits per heavy atom. The fraction of sp³-hybridized carbons (Fsp3) is 0.273. The van der Waals surface area contributed by atoms with Gasteiger partial charge in [-0.25, -0.2) is 4.79 Å². The summed E-state index contributed by atoms with van der Waals surface area (Å²) in [6.07, 6.45) is 0. The molecule has 0 saturated carbocycles. The fourth-order valence-corrected chi connectivity index (χ4v) is 1.54. The predicted molar refractivity (Wildman–Crippen MR) is 58.8 cm³/mol. The Hall–Kier alpha value is -1.87. The van der Waals surface area contributed by atoms with Gasteiger partial charge < -0.3 is 9.47 Å². The molecule has 18 heavy (non-hydrogen) atoms. The lowest BCUT2D eigenvalue weighted by Crippen LogP contribution is -2.09. The van der Waals surface area contributed by atoms with Gasteiger partial charge in [-0.05, 0) is 19.1 Å². The monoisotopic (exact) mass is 275 g/mol. The second-order valence-electron chi connectivity index (χ2n) is 3.04. The summed E-state index contributed by atoms with van der Waals surface area (Å²) in [5.74, 6) is -1.08. The van der Waals surface area contributed by atoms with Gasteiger partial charge in [0.15, 0.2) is 0 Å². The lowest BCUT2D eigenvalue weighted by atomic mass is 10.1. The molecule has 0 N–H and O–H groups in total. The van der Waals surface area contributed by atoms with Gasteiger partial charge >= 0.3 is 12.6 Å². The highest BCUT2D eigenvalue weighted by molar-refractivity contribution is 6.34. The number of hydrogen-bond donors (Lipinski definition) is 0. The zero-order valence-corrected chi connectivity index (χ0v) is 10.0. The second kappa shape index (κ2) is 6.17. The lowest BCUT2D eigenvalue weighted by molar-refractivity contribution is -0.0498. The first kappa shape index (κ1) is 14.2. The van der Waals surface area contributed by atoms with Gasteiger partial charge in [0.25, 0.3) is 0 Å². The molecule has 1 rings (SSSR count). The van der Waals surface area contributed by atoms with Crippen LogP contribution in [0.4, 0.5) is 8.78 Å². The van der Waals surface area contributed by atoms with Crippen molar-refractivity contribution in [3.63, 3.8) is 0 Å². The fourth-order valence-electron chi connectivity index (χ4n) is 1.25. The van der Waals surface area contributed by atoms with Gasteiger partial charge in [-0.3, -0.25) is 0 Å². The number of benzene rings is 1. The molecule has 0 amide bonds. The molecule has 0 radical (unpaired) electrons. The Kier molecular flexibility index (Phi) is 4.86. The van der Waals surface area contributed by atoms with E-state index in [1.54, 1.807) is 13.0 Å². The van der Waals surface area contributed by atoms with Crippen molar-refractivity contribution in [2.24, 2.45) is 0 Å². The summed E-state index contributed by atoms with van der Waals surface area (Å²) in [5, 5.41) is 8.68. The molecule has 0 aromatic heterocycles. The van der Waals surface area contributed by atoms with Crippen LogP contribution in [0.3, 0.4) is 0 Å². The van der Waals surface area contributed by atoms with Crippen LogP contribution in [0.2, 0.25) is 5.02 Å². The molecule has 4 nitrogen and oxygen atoms in total. The molecule has 0 spiro atoms. The van der Waals surface area contributed by atoms with Gasteiger partial charge in [0.05, 0.1) is 22.8 Å². The molecule has 7 heteroatoms. The molecule has 0 heterocycles.